The molecule has 1 fully saturated rings. The summed E-state index contributed by atoms with van der Waals surface area (Å²) in [5.74, 6) is 2.95. The van der Waals surface area contributed by atoms with E-state index in [0.29, 0.717) is 6.04 Å². The van der Waals surface area contributed by atoms with Crippen LogP contribution < -0.4 is 10.2 Å². The van der Waals surface area contributed by atoms with Crippen LogP contribution in [0.4, 0.5) is 11.6 Å². The molecule has 2 rings (SSSR count). The number of hydrogen-bond donors (Lipinski definition) is 2. The van der Waals surface area contributed by atoms with Crippen molar-refractivity contribution in [3.05, 3.63) is 11.4 Å². The van der Waals surface area contributed by atoms with Crippen LogP contribution in [0.25, 0.3) is 0 Å². The van der Waals surface area contributed by atoms with Gasteiger partial charge in [-0.15, -0.1) is 0 Å². The number of rotatable bonds is 7. The summed E-state index contributed by atoms with van der Waals surface area (Å²) >= 11 is 0. The minimum absolute atomic E-state index is 0.274. The average Bonchev–Trinajstić information content (AvgIpc) is 2.95. The van der Waals surface area contributed by atoms with E-state index >= 15 is 0 Å². The summed E-state index contributed by atoms with van der Waals surface area (Å²) in [7, 11) is 0. The van der Waals surface area contributed by atoms with Crippen LogP contribution >= 0.6 is 0 Å². The molecule has 5 heteroatoms. The van der Waals surface area contributed by atoms with Gasteiger partial charge in [0.05, 0.1) is 0 Å². The Balaban J connectivity index is 2.30. The number of aliphatic hydroxyl groups excluding tert-OH is 1. The third-order valence-electron chi connectivity index (χ3n) is 4.17. The lowest BCUT2D eigenvalue weighted by Gasteiger charge is -2.28. The number of aryl methyl sites for hydroxylation is 1. The van der Waals surface area contributed by atoms with Gasteiger partial charge < -0.3 is 15.3 Å². The van der Waals surface area contributed by atoms with Crippen molar-refractivity contribution < 1.29 is 5.11 Å². The molecule has 1 atom stereocenters. The number of aromatic nitrogens is 2. The van der Waals surface area contributed by atoms with Gasteiger partial charge in [-0.1, -0.05) is 6.92 Å². The maximum Gasteiger partial charge on any atom is 0.137 e. The Bertz CT molecular complexity index is 464. The Labute approximate surface area is 127 Å². The standard InChI is InChI=1S/C16H28N4O/c1-4-14-18-15(17-5-2)12(3)16(19-14)20-10-6-8-13(20)9-7-11-21/h13,21H,4-11H2,1-3H3,(H,17,18,19). The van der Waals surface area contributed by atoms with E-state index in [-0.39, 0.29) is 6.61 Å². The van der Waals surface area contributed by atoms with E-state index < -0.39 is 0 Å². The van der Waals surface area contributed by atoms with Crippen LogP contribution in [-0.2, 0) is 6.42 Å². The molecule has 5 nitrogen and oxygen atoms in total. The molecule has 0 amide bonds. The van der Waals surface area contributed by atoms with Gasteiger partial charge >= 0.3 is 0 Å². The molecular weight excluding hydrogens is 264 g/mol. The zero-order valence-electron chi connectivity index (χ0n) is 13.5. The minimum atomic E-state index is 0.274. The third kappa shape index (κ3) is 3.64. The number of anilines is 2. The first kappa shape index (κ1) is 16.0. The number of hydrogen-bond acceptors (Lipinski definition) is 5. The Hall–Kier alpha value is -1.36. The van der Waals surface area contributed by atoms with Crippen molar-refractivity contribution in [1.29, 1.82) is 0 Å². The second kappa shape index (κ2) is 7.59. The SMILES string of the molecule is CCNc1nc(CC)nc(N2CCCC2CCCO)c1C. The first-order valence-electron chi connectivity index (χ1n) is 8.20. The molecule has 1 aliphatic rings. The van der Waals surface area contributed by atoms with Crippen LogP contribution in [0, 0.1) is 6.92 Å². The molecule has 2 heterocycles. The minimum Gasteiger partial charge on any atom is -0.396 e. The summed E-state index contributed by atoms with van der Waals surface area (Å²) in [6.07, 6.45) is 5.16. The lowest BCUT2D eigenvalue weighted by Crippen LogP contribution is -2.31. The van der Waals surface area contributed by atoms with Gasteiger partial charge in [-0.05, 0) is 39.5 Å². The molecule has 1 aliphatic heterocycles. The zero-order valence-corrected chi connectivity index (χ0v) is 13.5. The smallest absolute Gasteiger partial charge is 0.137 e. The fraction of sp³-hybridized carbons (Fsp3) is 0.750. The summed E-state index contributed by atoms with van der Waals surface area (Å²) in [4.78, 5) is 11.8. The molecule has 2 N–H and O–H groups in total. The van der Waals surface area contributed by atoms with E-state index in [4.69, 9.17) is 10.1 Å². The zero-order chi connectivity index (χ0) is 15.2. The Morgan fingerprint density at radius 2 is 2.14 bits per heavy atom. The second-order valence-corrected chi connectivity index (χ2v) is 5.68. The summed E-state index contributed by atoms with van der Waals surface area (Å²) in [5.41, 5.74) is 1.14. The fourth-order valence-electron chi connectivity index (χ4n) is 3.07. The highest BCUT2D eigenvalue weighted by Gasteiger charge is 2.27. The Morgan fingerprint density at radius 3 is 2.81 bits per heavy atom. The van der Waals surface area contributed by atoms with Gasteiger partial charge in [0, 0.05) is 37.7 Å². The van der Waals surface area contributed by atoms with E-state index in [9.17, 15) is 0 Å². The molecule has 1 aromatic rings. The average molecular weight is 292 g/mol. The lowest BCUT2D eigenvalue weighted by atomic mass is 10.1. The van der Waals surface area contributed by atoms with E-state index in [1.54, 1.807) is 0 Å². The van der Waals surface area contributed by atoms with Crippen molar-refractivity contribution in [3.8, 4) is 0 Å². The van der Waals surface area contributed by atoms with Crippen LogP contribution in [0.15, 0.2) is 0 Å². The van der Waals surface area contributed by atoms with Crippen LogP contribution in [0.2, 0.25) is 0 Å². The molecule has 118 valence electrons. The molecular formula is C16H28N4O. The number of nitrogens with zero attached hydrogens (tertiary/aromatic N) is 3. The first-order valence-corrected chi connectivity index (χ1v) is 8.20. The van der Waals surface area contributed by atoms with Crippen LogP contribution in [-0.4, -0.2) is 40.8 Å². The van der Waals surface area contributed by atoms with E-state index in [0.717, 1.165) is 55.4 Å². The normalized spacial score (nSPS) is 18.3. The van der Waals surface area contributed by atoms with Crippen molar-refractivity contribution >= 4 is 11.6 Å². The Morgan fingerprint density at radius 1 is 1.33 bits per heavy atom. The summed E-state index contributed by atoms with van der Waals surface area (Å²) in [6.45, 7) is 8.49. The molecule has 1 unspecified atom stereocenters. The largest absolute Gasteiger partial charge is 0.396 e. The van der Waals surface area contributed by atoms with Crippen molar-refractivity contribution in [3.63, 3.8) is 0 Å². The predicted octanol–water partition coefficient (Wildman–Crippen LogP) is 2.52. The van der Waals surface area contributed by atoms with Gasteiger partial charge in [0.1, 0.15) is 17.5 Å². The molecule has 1 aromatic heterocycles. The lowest BCUT2D eigenvalue weighted by molar-refractivity contribution is 0.279. The molecule has 0 saturated carbocycles. The van der Waals surface area contributed by atoms with Gasteiger partial charge in [-0.3, -0.25) is 0 Å². The van der Waals surface area contributed by atoms with E-state index in [2.05, 4.69) is 36.0 Å². The molecule has 21 heavy (non-hydrogen) atoms. The van der Waals surface area contributed by atoms with Crippen LogP contribution in [0.1, 0.15) is 50.9 Å². The highest BCUT2D eigenvalue weighted by molar-refractivity contribution is 5.59. The van der Waals surface area contributed by atoms with Gasteiger partial charge in [-0.25, -0.2) is 9.97 Å². The van der Waals surface area contributed by atoms with Gasteiger partial charge in [0.25, 0.3) is 0 Å². The summed E-state index contributed by atoms with van der Waals surface area (Å²) < 4.78 is 0. The van der Waals surface area contributed by atoms with Crippen molar-refractivity contribution in [2.45, 2.75) is 58.9 Å². The van der Waals surface area contributed by atoms with Crippen molar-refractivity contribution in [2.24, 2.45) is 0 Å². The summed E-state index contributed by atoms with van der Waals surface area (Å²) in [6, 6.07) is 0.505. The van der Waals surface area contributed by atoms with Gasteiger partial charge in [0.2, 0.25) is 0 Å². The topological polar surface area (TPSA) is 61.3 Å². The molecule has 0 spiro atoms. The fourth-order valence-corrected chi connectivity index (χ4v) is 3.07. The van der Waals surface area contributed by atoms with Crippen LogP contribution in [0.3, 0.4) is 0 Å². The third-order valence-corrected chi connectivity index (χ3v) is 4.17. The molecule has 0 radical (unpaired) electrons. The molecule has 0 aromatic carbocycles. The maximum absolute atomic E-state index is 9.08. The van der Waals surface area contributed by atoms with Crippen LogP contribution in [0.5, 0.6) is 0 Å². The second-order valence-electron chi connectivity index (χ2n) is 5.68. The van der Waals surface area contributed by atoms with Crippen molar-refractivity contribution in [2.75, 3.05) is 29.9 Å². The number of aliphatic hydroxyl groups is 1. The van der Waals surface area contributed by atoms with E-state index in [1.165, 1.54) is 12.8 Å². The highest BCUT2D eigenvalue weighted by Crippen LogP contribution is 2.31. The van der Waals surface area contributed by atoms with Gasteiger partial charge in [-0.2, -0.15) is 0 Å². The van der Waals surface area contributed by atoms with Crippen molar-refractivity contribution in [1.82, 2.24) is 9.97 Å². The summed E-state index contributed by atoms with van der Waals surface area (Å²) in [5, 5.41) is 12.4. The molecule has 0 aliphatic carbocycles. The predicted molar refractivity (Wildman–Crippen MR) is 87.0 cm³/mol. The highest BCUT2D eigenvalue weighted by atomic mass is 16.2. The Kier molecular flexibility index (Phi) is 5.79. The monoisotopic (exact) mass is 292 g/mol. The maximum atomic E-state index is 9.08. The van der Waals surface area contributed by atoms with Gasteiger partial charge in [0.15, 0.2) is 0 Å². The quantitative estimate of drug-likeness (QED) is 0.808. The molecule has 0 bridgehead atoms. The first-order chi connectivity index (χ1) is 10.2. The number of nitrogens with one attached hydrogen (secondary N) is 1. The van der Waals surface area contributed by atoms with E-state index in [1.807, 2.05) is 0 Å². The molecule has 1 saturated heterocycles.